The number of benzene rings is 2. The molecule has 1 aliphatic rings. The topological polar surface area (TPSA) is 116 Å². The van der Waals surface area contributed by atoms with E-state index in [4.69, 9.17) is 23.7 Å². The zero-order chi connectivity index (χ0) is 27.6. The standard InChI is InChI=1S/C30H33N3O6/c1-29(2,3)39-28(35)33-30(15-8-16-30)21-13-11-20(12-14-21)24-22(19-9-6-5-7-10-19)23-25(36-4)31-27(37-18-17-34)32-26(23)38-24/h5-7,9-14,34H,8,15-18H2,1-4H3,(H,33,35). The van der Waals surface area contributed by atoms with Gasteiger partial charge in [-0.15, -0.1) is 0 Å². The Hall–Kier alpha value is -4.11. The van der Waals surface area contributed by atoms with Gasteiger partial charge in [-0.05, 0) is 51.2 Å². The Labute approximate surface area is 227 Å². The van der Waals surface area contributed by atoms with Gasteiger partial charge in [0, 0.05) is 11.1 Å². The van der Waals surface area contributed by atoms with E-state index in [-0.39, 0.29) is 19.2 Å². The molecule has 0 bridgehead atoms. The monoisotopic (exact) mass is 531 g/mol. The third kappa shape index (κ3) is 5.40. The molecule has 204 valence electrons. The molecule has 5 rings (SSSR count). The van der Waals surface area contributed by atoms with E-state index in [2.05, 4.69) is 15.3 Å². The van der Waals surface area contributed by atoms with Crippen molar-refractivity contribution in [2.24, 2.45) is 0 Å². The number of aromatic nitrogens is 2. The fraction of sp³-hybridized carbons (Fsp3) is 0.367. The number of nitrogens with zero attached hydrogens (tertiary/aromatic N) is 2. The van der Waals surface area contributed by atoms with Crippen molar-refractivity contribution in [3.63, 3.8) is 0 Å². The number of aliphatic hydroxyl groups excluding tert-OH is 1. The molecule has 0 saturated heterocycles. The summed E-state index contributed by atoms with van der Waals surface area (Å²) in [6, 6.07) is 17.9. The summed E-state index contributed by atoms with van der Waals surface area (Å²) in [6.45, 7) is 5.45. The molecule has 4 aromatic rings. The average molecular weight is 532 g/mol. The lowest BCUT2D eigenvalue weighted by atomic mass is 9.71. The van der Waals surface area contributed by atoms with E-state index in [1.807, 2.05) is 75.4 Å². The first kappa shape index (κ1) is 26.5. The molecule has 1 aliphatic carbocycles. The lowest BCUT2D eigenvalue weighted by Gasteiger charge is -2.43. The fourth-order valence-electron chi connectivity index (χ4n) is 4.84. The number of rotatable bonds is 8. The normalized spacial score (nSPS) is 14.5. The second-order valence-corrected chi connectivity index (χ2v) is 10.6. The molecule has 0 atom stereocenters. The Morgan fingerprint density at radius 2 is 1.77 bits per heavy atom. The SMILES string of the molecule is COc1nc(OCCO)nc2oc(-c3ccc(C4(NC(=O)OC(C)(C)C)CCC4)cc3)c(-c3ccccc3)c12. The molecule has 1 amide bonds. The van der Waals surface area contributed by atoms with Crippen molar-refractivity contribution in [1.82, 2.24) is 15.3 Å². The fourth-order valence-corrected chi connectivity index (χ4v) is 4.84. The minimum atomic E-state index is -0.568. The Kier molecular flexibility index (Phi) is 7.18. The number of nitrogens with one attached hydrogen (secondary N) is 1. The quantitative estimate of drug-likeness (QED) is 0.291. The predicted molar refractivity (Wildman–Crippen MR) is 147 cm³/mol. The number of amides is 1. The molecule has 2 heterocycles. The lowest BCUT2D eigenvalue weighted by molar-refractivity contribution is 0.0377. The van der Waals surface area contributed by atoms with Crippen LogP contribution in [0.15, 0.2) is 59.0 Å². The van der Waals surface area contributed by atoms with E-state index in [9.17, 15) is 4.79 Å². The second-order valence-electron chi connectivity index (χ2n) is 10.6. The maximum Gasteiger partial charge on any atom is 0.408 e. The van der Waals surface area contributed by atoms with Crippen LogP contribution in [-0.2, 0) is 10.3 Å². The van der Waals surface area contributed by atoms with E-state index in [0.717, 1.165) is 41.5 Å². The molecule has 0 unspecified atom stereocenters. The van der Waals surface area contributed by atoms with Crippen LogP contribution in [0.3, 0.4) is 0 Å². The van der Waals surface area contributed by atoms with Gasteiger partial charge in [0.1, 0.15) is 23.4 Å². The third-order valence-corrected chi connectivity index (χ3v) is 6.72. The van der Waals surface area contributed by atoms with Gasteiger partial charge in [0.25, 0.3) is 0 Å². The highest BCUT2D eigenvalue weighted by Crippen LogP contribution is 2.46. The second kappa shape index (κ2) is 10.6. The minimum absolute atomic E-state index is 0.0499. The molecule has 2 N–H and O–H groups in total. The van der Waals surface area contributed by atoms with Crippen LogP contribution in [0, 0.1) is 0 Å². The Morgan fingerprint density at radius 3 is 2.36 bits per heavy atom. The van der Waals surface area contributed by atoms with Crippen LogP contribution in [0.25, 0.3) is 33.6 Å². The predicted octanol–water partition coefficient (Wildman–Crippen LogP) is 5.84. The van der Waals surface area contributed by atoms with E-state index >= 15 is 0 Å². The number of furan rings is 1. The molecule has 0 spiro atoms. The number of aliphatic hydroxyl groups is 1. The Bertz CT molecular complexity index is 1450. The molecule has 9 heteroatoms. The molecule has 39 heavy (non-hydrogen) atoms. The number of methoxy groups -OCH3 is 1. The van der Waals surface area contributed by atoms with E-state index in [1.54, 1.807) is 0 Å². The number of fused-ring (bicyclic) bond motifs is 1. The number of hydrogen-bond acceptors (Lipinski definition) is 8. The molecule has 9 nitrogen and oxygen atoms in total. The van der Waals surface area contributed by atoms with Gasteiger partial charge in [-0.2, -0.15) is 9.97 Å². The van der Waals surface area contributed by atoms with Crippen LogP contribution in [-0.4, -0.2) is 47.1 Å². The summed E-state index contributed by atoms with van der Waals surface area (Å²) in [7, 11) is 1.53. The largest absolute Gasteiger partial charge is 0.480 e. The van der Waals surface area contributed by atoms with Crippen LogP contribution in [0.4, 0.5) is 4.79 Å². The highest BCUT2D eigenvalue weighted by atomic mass is 16.6. The van der Waals surface area contributed by atoms with Crippen LogP contribution >= 0.6 is 0 Å². The van der Waals surface area contributed by atoms with Crippen LogP contribution in [0.5, 0.6) is 11.9 Å². The van der Waals surface area contributed by atoms with E-state index in [1.165, 1.54) is 7.11 Å². The molecule has 1 fully saturated rings. The first-order valence-corrected chi connectivity index (χ1v) is 13.0. The van der Waals surface area contributed by atoms with Crippen molar-refractivity contribution in [2.45, 2.75) is 51.2 Å². The maximum atomic E-state index is 12.6. The molecule has 0 radical (unpaired) electrons. The van der Waals surface area contributed by atoms with Gasteiger partial charge < -0.3 is 29.1 Å². The third-order valence-electron chi connectivity index (χ3n) is 6.72. The number of carbonyl (C=O) groups is 1. The molecule has 1 saturated carbocycles. The summed E-state index contributed by atoms with van der Waals surface area (Å²) in [4.78, 5) is 21.4. The molecule has 2 aromatic carbocycles. The van der Waals surface area contributed by atoms with Crippen molar-refractivity contribution in [3.8, 4) is 34.3 Å². The maximum absolute atomic E-state index is 12.6. The smallest absolute Gasteiger partial charge is 0.408 e. The van der Waals surface area contributed by atoms with Crippen LogP contribution < -0.4 is 14.8 Å². The van der Waals surface area contributed by atoms with Gasteiger partial charge in [-0.25, -0.2) is 4.79 Å². The molecular formula is C30H33N3O6. The van der Waals surface area contributed by atoms with E-state index < -0.39 is 17.2 Å². The highest BCUT2D eigenvalue weighted by Gasteiger charge is 2.41. The highest BCUT2D eigenvalue weighted by molar-refractivity contribution is 6.03. The number of ether oxygens (including phenoxy) is 3. The minimum Gasteiger partial charge on any atom is -0.480 e. The average Bonchev–Trinajstić information content (AvgIpc) is 3.28. The number of hydrogen-bond donors (Lipinski definition) is 2. The summed E-state index contributed by atoms with van der Waals surface area (Å²) in [5.41, 5.74) is 2.86. The zero-order valence-corrected chi connectivity index (χ0v) is 22.6. The van der Waals surface area contributed by atoms with Gasteiger partial charge in [0.05, 0.1) is 19.3 Å². The first-order chi connectivity index (χ1) is 18.7. The lowest BCUT2D eigenvalue weighted by Crippen LogP contribution is -2.52. The molecule has 2 aromatic heterocycles. The number of alkyl carbamates (subject to hydrolysis) is 1. The number of carbonyl (C=O) groups excluding carboxylic acids is 1. The molecule has 0 aliphatic heterocycles. The molecular weight excluding hydrogens is 498 g/mol. The van der Waals surface area contributed by atoms with Gasteiger partial charge in [-0.3, -0.25) is 0 Å². The van der Waals surface area contributed by atoms with Gasteiger partial charge in [0.2, 0.25) is 11.6 Å². The van der Waals surface area contributed by atoms with Gasteiger partial charge >= 0.3 is 12.1 Å². The summed E-state index contributed by atoms with van der Waals surface area (Å²) >= 11 is 0. The Morgan fingerprint density at radius 1 is 1.05 bits per heavy atom. The van der Waals surface area contributed by atoms with E-state index in [0.29, 0.717) is 22.7 Å². The van der Waals surface area contributed by atoms with Crippen molar-refractivity contribution in [3.05, 3.63) is 60.2 Å². The zero-order valence-electron chi connectivity index (χ0n) is 22.6. The van der Waals surface area contributed by atoms with Crippen molar-refractivity contribution >= 4 is 17.2 Å². The van der Waals surface area contributed by atoms with Crippen LogP contribution in [0.2, 0.25) is 0 Å². The van der Waals surface area contributed by atoms with Crippen molar-refractivity contribution in [1.29, 1.82) is 0 Å². The summed E-state index contributed by atoms with van der Waals surface area (Å²) in [6.07, 6.45) is 2.29. The summed E-state index contributed by atoms with van der Waals surface area (Å²) < 4.78 is 22.9. The van der Waals surface area contributed by atoms with Crippen LogP contribution in [0.1, 0.15) is 45.6 Å². The van der Waals surface area contributed by atoms with Crippen molar-refractivity contribution < 1.29 is 28.5 Å². The van der Waals surface area contributed by atoms with Gasteiger partial charge in [-0.1, -0.05) is 54.6 Å². The summed E-state index contributed by atoms with van der Waals surface area (Å²) in [5, 5.41) is 12.9. The Balaban J connectivity index is 1.56. The first-order valence-electron chi connectivity index (χ1n) is 13.0. The van der Waals surface area contributed by atoms with Gasteiger partial charge in [0.15, 0.2) is 0 Å². The summed E-state index contributed by atoms with van der Waals surface area (Å²) in [5.74, 6) is 0.922. The van der Waals surface area contributed by atoms with Crippen molar-refractivity contribution in [2.75, 3.05) is 20.3 Å².